The van der Waals surface area contributed by atoms with Crippen LogP contribution in [0.2, 0.25) is 0 Å². The molecule has 1 rings (SSSR count). The van der Waals surface area contributed by atoms with Crippen molar-refractivity contribution >= 4 is 5.97 Å². The minimum atomic E-state index is -0.877. The molecule has 0 fully saturated rings. The summed E-state index contributed by atoms with van der Waals surface area (Å²) in [5.41, 5.74) is 0. The molecule has 1 atom stereocenters. The molecule has 0 spiro atoms. The molecule has 0 saturated heterocycles. The molecule has 0 aromatic carbocycles. The molecule has 0 aliphatic rings. The van der Waals surface area contributed by atoms with Gasteiger partial charge in [-0.1, -0.05) is 6.92 Å². The average Bonchev–Trinajstić information content (AvgIpc) is 2.40. The second-order valence-corrected chi connectivity index (χ2v) is 2.14. The molecule has 1 N–H and O–H groups in total. The normalized spacial score (nSPS) is 12.8. The second kappa shape index (κ2) is 3.14. The Morgan fingerprint density at radius 1 is 1.82 bits per heavy atom. The first-order chi connectivity index (χ1) is 5.25. The molecule has 11 heavy (non-hydrogen) atoms. The zero-order valence-electron chi connectivity index (χ0n) is 6.14. The van der Waals surface area contributed by atoms with E-state index < -0.39 is 12.0 Å². The lowest BCUT2D eigenvalue weighted by Gasteiger charge is -2.07. The highest BCUT2D eigenvalue weighted by atomic mass is 16.4. The van der Waals surface area contributed by atoms with Gasteiger partial charge >= 0.3 is 5.97 Å². The van der Waals surface area contributed by atoms with Gasteiger partial charge in [0.05, 0.1) is 0 Å². The summed E-state index contributed by atoms with van der Waals surface area (Å²) in [4.78, 5) is 14.2. The van der Waals surface area contributed by atoms with Crippen molar-refractivity contribution in [3.05, 3.63) is 12.7 Å². The lowest BCUT2D eigenvalue weighted by molar-refractivity contribution is -0.141. The number of nitrogens with zero attached hydrogens (tertiary/aromatic N) is 3. The molecule has 60 valence electrons. The summed E-state index contributed by atoms with van der Waals surface area (Å²) in [6.45, 7) is 1.79. The molecule has 5 heteroatoms. The van der Waals surface area contributed by atoms with E-state index in [0.717, 1.165) is 0 Å². The fourth-order valence-electron chi connectivity index (χ4n) is 0.853. The predicted molar refractivity (Wildman–Crippen MR) is 37.0 cm³/mol. The number of hydrogen-bond acceptors (Lipinski definition) is 3. The summed E-state index contributed by atoms with van der Waals surface area (Å²) in [7, 11) is 0. The molecule has 1 aromatic rings. The Bertz CT molecular complexity index is 232. The smallest absolute Gasteiger partial charge is 0.328 e. The molecule has 0 radical (unpaired) electrons. The Morgan fingerprint density at radius 3 is 2.91 bits per heavy atom. The third-order valence-electron chi connectivity index (χ3n) is 1.43. The summed E-state index contributed by atoms with van der Waals surface area (Å²) in [6, 6.07) is -0.586. The van der Waals surface area contributed by atoms with Gasteiger partial charge in [-0.25, -0.2) is 14.5 Å². The molecule has 0 aliphatic heterocycles. The molecule has 0 aliphatic carbocycles. The van der Waals surface area contributed by atoms with Crippen LogP contribution in [0.5, 0.6) is 0 Å². The van der Waals surface area contributed by atoms with Crippen molar-refractivity contribution in [3.8, 4) is 0 Å². The summed E-state index contributed by atoms with van der Waals surface area (Å²) in [6.07, 6.45) is 3.24. The van der Waals surface area contributed by atoms with Crippen molar-refractivity contribution in [2.75, 3.05) is 0 Å². The van der Waals surface area contributed by atoms with Gasteiger partial charge in [0.15, 0.2) is 6.04 Å². The van der Waals surface area contributed by atoms with E-state index in [4.69, 9.17) is 5.11 Å². The number of aliphatic carboxylic acids is 1. The zero-order chi connectivity index (χ0) is 8.27. The van der Waals surface area contributed by atoms with Crippen molar-refractivity contribution in [1.82, 2.24) is 14.8 Å². The van der Waals surface area contributed by atoms with Gasteiger partial charge in [-0.2, -0.15) is 5.10 Å². The van der Waals surface area contributed by atoms with Gasteiger partial charge in [0.2, 0.25) is 0 Å². The number of carbonyl (C=O) groups is 1. The topological polar surface area (TPSA) is 68.0 Å². The standard InChI is InChI=1S/C6H9N3O2/c1-2-5(6(10)11)9-4-7-3-8-9/h3-5H,2H2,1H3,(H,10,11)/t5-/m0/s1. The summed E-state index contributed by atoms with van der Waals surface area (Å²) in [5, 5.41) is 12.4. The van der Waals surface area contributed by atoms with Crippen LogP contribution in [0, 0.1) is 0 Å². The molecule has 0 saturated carbocycles. The summed E-state index contributed by atoms with van der Waals surface area (Å²) < 4.78 is 1.34. The van der Waals surface area contributed by atoms with E-state index in [1.54, 1.807) is 6.92 Å². The van der Waals surface area contributed by atoms with Crippen LogP contribution in [0.3, 0.4) is 0 Å². The van der Waals surface area contributed by atoms with Crippen molar-refractivity contribution in [3.63, 3.8) is 0 Å². The van der Waals surface area contributed by atoms with Gasteiger partial charge in [0.1, 0.15) is 12.7 Å². The zero-order valence-corrected chi connectivity index (χ0v) is 6.14. The van der Waals surface area contributed by atoms with Crippen molar-refractivity contribution in [2.45, 2.75) is 19.4 Å². The van der Waals surface area contributed by atoms with Crippen molar-refractivity contribution < 1.29 is 9.90 Å². The SMILES string of the molecule is CC[C@@H](C(=O)O)n1cncn1. The molecule has 1 heterocycles. The van der Waals surface area contributed by atoms with Crippen LogP contribution in [-0.2, 0) is 4.79 Å². The number of hydrogen-bond donors (Lipinski definition) is 1. The van der Waals surface area contributed by atoms with Crippen LogP contribution >= 0.6 is 0 Å². The molecular weight excluding hydrogens is 146 g/mol. The van der Waals surface area contributed by atoms with Crippen LogP contribution in [-0.4, -0.2) is 25.8 Å². The molecule has 0 amide bonds. The quantitative estimate of drug-likeness (QED) is 0.682. The minimum absolute atomic E-state index is 0.513. The van der Waals surface area contributed by atoms with Crippen molar-refractivity contribution in [2.24, 2.45) is 0 Å². The minimum Gasteiger partial charge on any atom is -0.480 e. The lowest BCUT2D eigenvalue weighted by atomic mass is 10.2. The third-order valence-corrected chi connectivity index (χ3v) is 1.43. The fourth-order valence-corrected chi connectivity index (χ4v) is 0.853. The van der Waals surface area contributed by atoms with Crippen molar-refractivity contribution in [1.29, 1.82) is 0 Å². The van der Waals surface area contributed by atoms with Crippen LogP contribution in [0.4, 0.5) is 0 Å². The van der Waals surface area contributed by atoms with E-state index in [0.29, 0.717) is 6.42 Å². The van der Waals surface area contributed by atoms with E-state index in [-0.39, 0.29) is 0 Å². The number of carboxylic acid groups (broad SMARTS) is 1. The van der Waals surface area contributed by atoms with E-state index in [1.807, 2.05) is 0 Å². The summed E-state index contributed by atoms with van der Waals surface area (Å²) >= 11 is 0. The highest BCUT2D eigenvalue weighted by molar-refractivity contribution is 5.71. The molecular formula is C6H9N3O2. The fraction of sp³-hybridized carbons (Fsp3) is 0.500. The third kappa shape index (κ3) is 1.54. The van der Waals surface area contributed by atoms with Gasteiger partial charge in [-0.15, -0.1) is 0 Å². The Labute approximate surface area is 63.7 Å². The Kier molecular flexibility index (Phi) is 2.20. The van der Waals surface area contributed by atoms with E-state index in [2.05, 4.69) is 10.1 Å². The molecule has 0 unspecified atom stereocenters. The Hall–Kier alpha value is -1.39. The Balaban J connectivity index is 2.79. The average molecular weight is 155 g/mol. The maximum absolute atomic E-state index is 10.5. The first-order valence-electron chi connectivity index (χ1n) is 3.32. The van der Waals surface area contributed by atoms with Crippen LogP contribution in [0.25, 0.3) is 0 Å². The maximum Gasteiger partial charge on any atom is 0.328 e. The van der Waals surface area contributed by atoms with Gasteiger partial charge in [0, 0.05) is 0 Å². The number of aromatic nitrogens is 3. The second-order valence-electron chi connectivity index (χ2n) is 2.14. The van der Waals surface area contributed by atoms with Crippen LogP contribution in [0.1, 0.15) is 19.4 Å². The lowest BCUT2D eigenvalue weighted by Crippen LogP contribution is -2.18. The highest BCUT2D eigenvalue weighted by Crippen LogP contribution is 2.07. The monoisotopic (exact) mass is 155 g/mol. The molecule has 0 bridgehead atoms. The number of rotatable bonds is 3. The van der Waals surface area contributed by atoms with Gasteiger partial charge < -0.3 is 5.11 Å². The van der Waals surface area contributed by atoms with Gasteiger partial charge in [0.25, 0.3) is 0 Å². The molecule has 1 aromatic heterocycles. The first-order valence-corrected chi connectivity index (χ1v) is 3.32. The van der Waals surface area contributed by atoms with Crippen LogP contribution < -0.4 is 0 Å². The van der Waals surface area contributed by atoms with E-state index in [1.165, 1.54) is 17.3 Å². The molecule has 5 nitrogen and oxygen atoms in total. The Morgan fingerprint density at radius 2 is 2.55 bits per heavy atom. The predicted octanol–water partition coefficient (Wildman–Crippen LogP) is 0.314. The van der Waals surface area contributed by atoms with Crippen LogP contribution in [0.15, 0.2) is 12.7 Å². The largest absolute Gasteiger partial charge is 0.480 e. The highest BCUT2D eigenvalue weighted by Gasteiger charge is 2.16. The van der Waals surface area contributed by atoms with E-state index in [9.17, 15) is 4.79 Å². The van der Waals surface area contributed by atoms with Gasteiger partial charge in [-0.05, 0) is 6.42 Å². The van der Waals surface area contributed by atoms with E-state index >= 15 is 0 Å². The van der Waals surface area contributed by atoms with Gasteiger partial charge in [-0.3, -0.25) is 0 Å². The first kappa shape index (κ1) is 7.71. The maximum atomic E-state index is 10.5. The summed E-state index contributed by atoms with van der Waals surface area (Å²) in [5.74, 6) is -0.877. The number of carboxylic acids is 1.